The molecule has 1 aromatic carbocycles. The van der Waals surface area contributed by atoms with Crippen molar-refractivity contribution in [3.63, 3.8) is 0 Å². The molecule has 0 spiro atoms. The molecular formula is C15H22N2O. The van der Waals surface area contributed by atoms with E-state index in [0.717, 1.165) is 16.9 Å². The summed E-state index contributed by atoms with van der Waals surface area (Å²) in [4.78, 5) is 12.4. The predicted octanol–water partition coefficient (Wildman–Crippen LogP) is 3.24. The number of para-hydroxylation sites is 1. The average Bonchev–Trinajstić information content (AvgIpc) is 2.51. The summed E-state index contributed by atoms with van der Waals surface area (Å²) in [5, 5.41) is 0. The summed E-state index contributed by atoms with van der Waals surface area (Å²) < 4.78 is 3.65. The second-order valence-electron chi connectivity index (χ2n) is 4.63. The van der Waals surface area contributed by atoms with Crippen LogP contribution >= 0.6 is 0 Å². The Bertz CT molecular complexity index is 577. The van der Waals surface area contributed by atoms with Crippen molar-refractivity contribution < 1.29 is 0 Å². The molecule has 0 atom stereocenters. The van der Waals surface area contributed by atoms with Crippen molar-refractivity contribution in [1.29, 1.82) is 0 Å². The van der Waals surface area contributed by atoms with Crippen molar-refractivity contribution in [3.8, 4) is 5.69 Å². The van der Waals surface area contributed by atoms with Crippen LogP contribution in [0.4, 0.5) is 0 Å². The average molecular weight is 246 g/mol. The van der Waals surface area contributed by atoms with E-state index in [4.69, 9.17) is 0 Å². The Morgan fingerprint density at radius 3 is 2.11 bits per heavy atom. The minimum atomic E-state index is 0. The summed E-state index contributed by atoms with van der Waals surface area (Å²) in [5.74, 6) is 0.249. The molecule has 2 aromatic rings. The highest BCUT2D eigenvalue weighted by atomic mass is 16.1. The molecule has 0 unspecified atom stereocenters. The molecule has 0 fully saturated rings. The maximum Gasteiger partial charge on any atom is 0.275 e. The van der Waals surface area contributed by atoms with Crippen molar-refractivity contribution >= 4 is 0 Å². The fourth-order valence-electron chi connectivity index (χ4n) is 2.25. The standard InChI is InChI=1S/C14H18N2O.CH4/c1-10(2)13-11(3)15(4)16(14(13)17)12-8-6-5-7-9-12;/h5-10H,1-4H3;1H4. The Balaban J connectivity index is 0.00000162. The van der Waals surface area contributed by atoms with E-state index in [1.54, 1.807) is 4.68 Å². The second kappa shape index (κ2) is 5.25. The van der Waals surface area contributed by atoms with E-state index in [1.165, 1.54) is 0 Å². The Morgan fingerprint density at radius 1 is 1.11 bits per heavy atom. The fourth-order valence-corrected chi connectivity index (χ4v) is 2.25. The normalized spacial score (nSPS) is 10.5. The molecule has 3 nitrogen and oxygen atoms in total. The van der Waals surface area contributed by atoms with Crippen molar-refractivity contribution in [1.82, 2.24) is 9.36 Å². The Kier molecular flexibility index (Phi) is 4.17. The van der Waals surface area contributed by atoms with E-state index in [1.807, 2.05) is 49.0 Å². The lowest BCUT2D eigenvalue weighted by Gasteiger charge is -2.07. The molecule has 0 radical (unpaired) electrons. The summed E-state index contributed by atoms with van der Waals surface area (Å²) in [5.41, 5.74) is 2.94. The molecule has 1 aromatic heterocycles. The zero-order chi connectivity index (χ0) is 12.6. The summed E-state index contributed by atoms with van der Waals surface area (Å²) in [6, 6.07) is 9.74. The van der Waals surface area contributed by atoms with Gasteiger partial charge >= 0.3 is 0 Å². The third-order valence-electron chi connectivity index (χ3n) is 3.18. The monoisotopic (exact) mass is 246 g/mol. The molecular weight excluding hydrogens is 224 g/mol. The van der Waals surface area contributed by atoms with Crippen LogP contribution in [0.15, 0.2) is 35.1 Å². The smallest absolute Gasteiger partial charge is 0.275 e. The van der Waals surface area contributed by atoms with Gasteiger partial charge in [-0.2, -0.15) is 0 Å². The van der Waals surface area contributed by atoms with Gasteiger partial charge in [0, 0.05) is 18.3 Å². The minimum absolute atomic E-state index is 0. The van der Waals surface area contributed by atoms with Crippen molar-refractivity contribution in [3.05, 3.63) is 51.9 Å². The molecule has 0 aliphatic rings. The number of rotatable bonds is 2. The topological polar surface area (TPSA) is 26.9 Å². The number of benzene rings is 1. The van der Waals surface area contributed by atoms with Crippen molar-refractivity contribution in [2.45, 2.75) is 34.1 Å². The molecule has 0 saturated heterocycles. The fraction of sp³-hybridized carbons (Fsp3) is 0.400. The molecule has 0 saturated carbocycles. The molecule has 1 heterocycles. The number of hydrogen-bond donors (Lipinski definition) is 0. The Labute approximate surface area is 109 Å². The molecule has 0 aliphatic carbocycles. The van der Waals surface area contributed by atoms with Gasteiger partial charge < -0.3 is 0 Å². The van der Waals surface area contributed by atoms with Crippen LogP contribution in [0.1, 0.15) is 38.4 Å². The van der Waals surface area contributed by atoms with Crippen LogP contribution in [-0.2, 0) is 7.05 Å². The molecule has 0 amide bonds. The van der Waals surface area contributed by atoms with Gasteiger partial charge in [-0.3, -0.25) is 9.48 Å². The lowest BCUT2D eigenvalue weighted by molar-refractivity contribution is 0.630. The Hall–Kier alpha value is -1.77. The van der Waals surface area contributed by atoms with Crippen LogP contribution in [0.2, 0.25) is 0 Å². The first-order chi connectivity index (χ1) is 8.04. The third-order valence-corrected chi connectivity index (χ3v) is 3.18. The Morgan fingerprint density at radius 2 is 1.67 bits per heavy atom. The predicted molar refractivity (Wildman–Crippen MR) is 76.6 cm³/mol. The zero-order valence-corrected chi connectivity index (χ0v) is 10.8. The number of aromatic nitrogens is 2. The van der Waals surface area contributed by atoms with Crippen LogP contribution in [0.25, 0.3) is 5.69 Å². The van der Waals surface area contributed by atoms with Crippen LogP contribution in [0.5, 0.6) is 0 Å². The zero-order valence-electron chi connectivity index (χ0n) is 10.8. The molecule has 0 aliphatic heterocycles. The highest BCUT2D eigenvalue weighted by Gasteiger charge is 2.17. The summed E-state index contributed by atoms with van der Waals surface area (Å²) in [6.45, 7) is 6.11. The number of hydrogen-bond acceptors (Lipinski definition) is 1. The van der Waals surface area contributed by atoms with Crippen LogP contribution in [-0.4, -0.2) is 9.36 Å². The summed E-state index contributed by atoms with van der Waals surface area (Å²) in [6.07, 6.45) is 0. The maximum atomic E-state index is 12.4. The van der Waals surface area contributed by atoms with Gasteiger partial charge in [0.15, 0.2) is 0 Å². The van der Waals surface area contributed by atoms with E-state index in [9.17, 15) is 4.79 Å². The van der Waals surface area contributed by atoms with Crippen LogP contribution in [0.3, 0.4) is 0 Å². The lowest BCUT2D eigenvalue weighted by Crippen LogP contribution is -2.21. The molecule has 0 bridgehead atoms. The van der Waals surface area contributed by atoms with Gasteiger partial charge in [-0.1, -0.05) is 39.5 Å². The lowest BCUT2D eigenvalue weighted by atomic mass is 10.0. The quantitative estimate of drug-likeness (QED) is 0.799. The highest BCUT2D eigenvalue weighted by molar-refractivity contribution is 5.34. The summed E-state index contributed by atoms with van der Waals surface area (Å²) >= 11 is 0. The van der Waals surface area contributed by atoms with Gasteiger partial charge in [-0.15, -0.1) is 0 Å². The second-order valence-corrected chi connectivity index (χ2v) is 4.63. The first kappa shape index (κ1) is 14.3. The van der Waals surface area contributed by atoms with Crippen LogP contribution < -0.4 is 5.56 Å². The number of nitrogens with zero attached hydrogens (tertiary/aromatic N) is 2. The van der Waals surface area contributed by atoms with Gasteiger partial charge in [0.1, 0.15) is 0 Å². The van der Waals surface area contributed by atoms with E-state index >= 15 is 0 Å². The molecule has 2 rings (SSSR count). The van der Waals surface area contributed by atoms with Crippen LogP contribution in [0, 0.1) is 6.92 Å². The van der Waals surface area contributed by atoms with Crippen molar-refractivity contribution in [2.75, 3.05) is 0 Å². The van der Waals surface area contributed by atoms with Crippen molar-refractivity contribution in [2.24, 2.45) is 7.05 Å². The molecule has 98 valence electrons. The maximum absolute atomic E-state index is 12.4. The van der Waals surface area contributed by atoms with E-state index in [2.05, 4.69) is 13.8 Å². The summed E-state index contributed by atoms with van der Waals surface area (Å²) in [7, 11) is 1.93. The molecule has 0 N–H and O–H groups in total. The van der Waals surface area contributed by atoms with Gasteiger partial charge in [-0.25, -0.2) is 4.68 Å². The van der Waals surface area contributed by atoms with Gasteiger partial charge in [0.05, 0.1) is 5.69 Å². The van der Waals surface area contributed by atoms with E-state index in [-0.39, 0.29) is 18.9 Å². The van der Waals surface area contributed by atoms with Gasteiger partial charge in [0.2, 0.25) is 0 Å². The van der Waals surface area contributed by atoms with E-state index < -0.39 is 0 Å². The molecule has 18 heavy (non-hydrogen) atoms. The van der Waals surface area contributed by atoms with Gasteiger partial charge in [-0.05, 0) is 25.0 Å². The minimum Gasteiger partial charge on any atom is -0.285 e. The highest BCUT2D eigenvalue weighted by Crippen LogP contribution is 2.17. The third kappa shape index (κ3) is 2.13. The van der Waals surface area contributed by atoms with E-state index in [0.29, 0.717) is 0 Å². The molecule has 3 heteroatoms. The SMILES string of the molecule is C.Cc1c(C(C)C)c(=O)n(-c2ccccc2)n1C. The van der Waals surface area contributed by atoms with Gasteiger partial charge in [0.25, 0.3) is 5.56 Å². The largest absolute Gasteiger partial charge is 0.285 e. The first-order valence-corrected chi connectivity index (χ1v) is 5.88. The first-order valence-electron chi connectivity index (χ1n) is 5.88.